The van der Waals surface area contributed by atoms with E-state index in [0.29, 0.717) is 18.1 Å². The zero-order valence-electron chi connectivity index (χ0n) is 13.4. The first kappa shape index (κ1) is 15.3. The highest BCUT2D eigenvalue weighted by Gasteiger charge is 2.37. The number of ether oxygens (including phenoxy) is 1. The Kier molecular flexibility index (Phi) is 4.82. The fourth-order valence-electron chi connectivity index (χ4n) is 3.50. The Morgan fingerprint density at radius 3 is 3.10 bits per heavy atom. The van der Waals surface area contributed by atoms with Crippen molar-refractivity contribution in [2.75, 3.05) is 25.1 Å². The van der Waals surface area contributed by atoms with Crippen LogP contribution < -0.4 is 10.2 Å². The summed E-state index contributed by atoms with van der Waals surface area (Å²) >= 11 is 1.88. The molecule has 1 aromatic rings. The van der Waals surface area contributed by atoms with Crippen LogP contribution in [0.4, 0.5) is 5.13 Å². The molecule has 0 bridgehead atoms. The fourth-order valence-corrected chi connectivity index (χ4v) is 4.78. The second-order valence-electron chi connectivity index (χ2n) is 6.25. The molecule has 118 valence electrons. The molecule has 2 heterocycles. The Labute approximate surface area is 131 Å². The smallest absolute Gasteiger partial charge is 0.186 e. The Bertz CT molecular complexity index is 476. The van der Waals surface area contributed by atoms with Crippen molar-refractivity contribution in [3.63, 3.8) is 0 Å². The Morgan fingerprint density at radius 2 is 2.33 bits per heavy atom. The van der Waals surface area contributed by atoms with Crippen LogP contribution in [-0.4, -0.2) is 37.3 Å². The minimum Gasteiger partial charge on any atom is -0.374 e. The molecular formula is C16H27N3OS. The molecule has 3 rings (SSSR count). The third-order valence-electron chi connectivity index (χ3n) is 4.86. The van der Waals surface area contributed by atoms with Gasteiger partial charge in [-0.3, -0.25) is 0 Å². The van der Waals surface area contributed by atoms with E-state index in [1.165, 1.54) is 35.0 Å². The second-order valence-corrected chi connectivity index (χ2v) is 7.31. The lowest BCUT2D eigenvalue weighted by molar-refractivity contribution is 0.0256. The molecule has 2 fully saturated rings. The largest absolute Gasteiger partial charge is 0.374 e. The number of rotatable bonds is 5. The quantitative estimate of drug-likeness (QED) is 0.907. The first-order valence-electron chi connectivity index (χ1n) is 8.27. The van der Waals surface area contributed by atoms with E-state index in [4.69, 9.17) is 9.72 Å². The molecule has 1 saturated heterocycles. The normalized spacial score (nSPS) is 26.9. The summed E-state index contributed by atoms with van der Waals surface area (Å²) in [4.78, 5) is 8.96. The van der Waals surface area contributed by atoms with Crippen molar-refractivity contribution in [2.24, 2.45) is 0 Å². The highest BCUT2D eigenvalue weighted by molar-refractivity contribution is 7.15. The summed E-state index contributed by atoms with van der Waals surface area (Å²) in [7, 11) is 2.02. The third-order valence-corrected chi connectivity index (χ3v) is 5.97. The van der Waals surface area contributed by atoms with Gasteiger partial charge >= 0.3 is 0 Å². The number of nitrogens with one attached hydrogen (secondary N) is 1. The standard InChI is InChI=1S/C16H27N3OS/c1-4-11(2)15-14(10-17-3)21-16(18-15)19-8-9-20-13-7-5-6-12(13)19/h11-13,17H,4-10H2,1-3H3. The first-order valence-corrected chi connectivity index (χ1v) is 9.08. The number of fused-ring (bicyclic) bond motifs is 1. The molecule has 0 spiro atoms. The van der Waals surface area contributed by atoms with Gasteiger partial charge in [0, 0.05) is 18.0 Å². The average Bonchev–Trinajstić information content (AvgIpc) is 3.13. The van der Waals surface area contributed by atoms with Gasteiger partial charge in [-0.15, -0.1) is 11.3 Å². The molecule has 1 aliphatic carbocycles. The predicted molar refractivity (Wildman–Crippen MR) is 88.3 cm³/mol. The zero-order valence-corrected chi connectivity index (χ0v) is 14.2. The van der Waals surface area contributed by atoms with Gasteiger partial charge in [0.1, 0.15) is 0 Å². The lowest BCUT2D eigenvalue weighted by atomic mass is 10.0. The van der Waals surface area contributed by atoms with Crippen LogP contribution in [0.5, 0.6) is 0 Å². The van der Waals surface area contributed by atoms with Gasteiger partial charge in [0.05, 0.1) is 24.4 Å². The molecule has 0 radical (unpaired) electrons. The summed E-state index contributed by atoms with van der Waals surface area (Å²) in [6.45, 7) is 7.30. The average molecular weight is 309 g/mol. The summed E-state index contributed by atoms with van der Waals surface area (Å²) in [5, 5.41) is 4.51. The van der Waals surface area contributed by atoms with Crippen molar-refractivity contribution >= 4 is 16.5 Å². The van der Waals surface area contributed by atoms with E-state index in [-0.39, 0.29) is 0 Å². The van der Waals surface area contributed by atoms with Crippen LogP contribution in [-0.2, 0) is 11.3 Å². The van der Waals surface area contributed by atoms with Gasteiger partial charge < -0.3 is 15.0 Å². The van der Waals surface area contributed by atoms with Crippen LogP contribution in [0.2, 0.25) is 0 Å². The molecule has 5 heteroatoms. The van der Waals surface area contributed by atoms with Crippen molar-refractivity contribution in [3.8, 4) is 0 Å². The van der Waals surface area contributed by atoms with E-state index in [1.54, 1.807) is 0 Å². The molecule has 2 aliphatic rings. The number of aromatic nitrogens is 1. The van der Waals surface area contributed by atoms with E-state index in [9.17, 15) is 0 Å². The minimum absolute atomic E-state index is 0.433. The summed E-state index contributed by atoms with van der Waals surface area (Å²) in [5.74, 6) is 0.541. The maximum absolute atomic E-state index is 5.93. The number of nitrogens with zero attached hydrogens (tertiary/aromatic N) is 2. The summed E-state index contributed by atoms with van der Waals surface area (Å²) in [6, 6.07) is 0.553. The van der Waals surface area contributed by atoms with Crippen LogP contribution in [0.15, 0.2) is 0 Å². The number of thiazole rings is 1. The van der Waals surface area contributed by atoms with Gasteiger partial charge in [0.25, 0.3) is 0 Å². The predicted octanol–water partition coefficient (Wildman–Crippen LogP) is 3.13. The maximum Gasteiger partial charge on any atom is 0.186 e. The van der Waals surface area contributed by atoms with Crippen molar-refractivity contribution in [1.82, 2.24) is 10.3 Å². The van der Waals surface area contributed by atoms with Crippen LogP contribution >= 0.6 is 11.3 Å². The van der Waals surface area contributed by atoms with Crippen LogP contribution in [0.3, 0.4) is 0 Å². The Morgan fingerprint density at radius 1 is 1.48 bits per heavy atom. The summed E-state index contributed by atoms with van der Waals surface area (Å²) in [6.07, 6.45) is 5.34. The van der Waals surface area contributed by atoms with Gasteiger partial charge in [0.15, 0.2) is 5.13 Å². The monoisotopic (exact) mass is 309 g/mol. The highest BCUT2D eigenvalue weighted by atomic mass is 32.1. The van der Waals surface area contributed by atoms with Gasteiger partial charge in [0.2, 0.25) is 0 Å². The summed E-state index contributed by atoms with van der Waals surface area (Å²) in [5.41, 5.74) is 1.30. The number of hydrogen-bond acceptors (Lipinski definition) is 5. The molecule has 3 atom stereocenters. The van der Waals surface area contributed by atoms with Crippen molar-refractivity contribution in [1.29, 1.82) is 0 Å². The molecule has 0 amide bonds. The van der Waals surface area contributed by atoms with Crippen LogP contribution in [0.25, 0.3) is 0 Å². The highest BCUT2D eigenvalue weighted by Crippen LogP contribution is 2.38. The zero-order chi connectivity index (χ0) is 14.8. The van der Waals surface area contributed by atoms with Crippen LogP contribution in [0.1, 0.15) is 56.0 Å². The second kappa shape index (κ2) is 6.63. The molecule has 3 unspecified atom stereocenters. The molecule has 21 heavy (non-hydrogen) atoms. The maximum atomic E-state index is 5.93. The number of anilines is 1. The number of hydrogen-bond donors (Lipinski definition) is 1. The Balaban J connectivity index is 1.87. The molecule has 0 aromatic carbocycles. The van der Waals surface area contributed by atoms with E-state index in [1.807, 2.05) is 18.4 Å². The summed E-state index contributed by atoms with van der Waals surface area (Å²) < 4.78 is 5.93. The minimum atomic E-state index is 0.433. The SMILES string of the molecule is CCC(C)c1nc(N2CCOC3CCCC32)sc1CNC. The molecule has 1 aliphatic heterocycles. The molecule has 1 saturated carbocycles. The molecule has 4 nitrogen and oxygen atoms in total. The molecular weight excluding hydrogens is 282 g/mol. The van der Waals surface area contributed by atoms with E-state index in [0.717, 1.165) is 26.1 Å². The van der Waals surface area contributed by atoms with Gasteiger partial charge in [-0.25, -0.2) is 4.98 Å². The van der Waals surface area contributed by atoms with Gasteiger partial charge in [-0.05, 0) is 38.6 Å². The van der Waals surface area contributed by atoms with Crippen molar-refractivity contribution in [2.45, 2.75) is 64.1 Å². The fraction of sp³-hybridized carbons (Fsp3) is 0.812. The lowest BCUT2D eigenvalue weighted by Gasteiger charge is -2.37. The van der Waals surface area contributed by atoms with Crippen LogP contribution in [0, 0.1) is 0 Å². The molecule has 1 N–H and O–H groups in total. The number of morpholine rings is 1. The van der Waals surface area contributed by atoms with Crippen molar-refractivity contribution < 1.29 is 4.74 Å². The lowest BCUT2D eigenvalue weighted by Crippen LogP contribution is -2.48. The Hall–Kier alpha value is -0.650. The topological polar surface area (TPSA) is 37.4 Å². The van der Waals surface area contributed by atoms with E-state index >= 15 is 0 Å². The van der Waals surface area contributed by atoms with Crippen molar-refractivity contribution in [3.05, 3.63) is 10.6 Å². The first-order chi connectivity index (χ1) is 10.2. The van der Waals surface area contributed by atoms with E-state index in [2.05, 4.69) is 24.1 Å². The van der Waals surface area contributed by atoms with Gasteiger partial charge in [-0.1, -0.05) is 13.8 Å². The molecule has 1 aromatic heterocycles. The van der Waals surface area contributed by atoms with Gasteiger partial charge in [-0.2, -0.15) is 0 Å². The third kappa shape index (κ3) is 2.96. The van der Waals surface area contributed by atoms with E-state index < -0.39 is 0 Å².